The van der Waals surface area contributed by atoms with E-state index in [1.54, 1.807) is 0 Å². The van der Waals surface area contributed by atoms with Crippen LogP contribution in [-0.2, 0) is 6.42 Å². The molecule has 0 atom stereocenters. The minimum atomic E-state index is -1.41. The van der Waals surface area contributed by atoms with Crippen LogP contribution in [0.4, 0.5) is 4.79 Å². The smallest absolute Gasteiger partial charge is 0.449 e. The van der Waals surface area contributed by atoms with Gasteiger partial charge in [0, 0.05) is 6.42 Å². The van der Waals surface area contributed by atoms with Gasteiger partial charge in [-0.1, -0.05) is 24.9 Å². The highest BCUT2D eigenvalue weighted by Crippen LogP contribution is 2.21. The predicted octanol–water partition coefficient (Wildman–Crippen LogP) is 2.46. The van der Waals surface area contributed by atoms with Crippen molar-refractivity contribution in [3.8, 4) is 5.88 Å². The lowest BCUT2D eigenvalue weighted by Crippen LogP contribution is -2.03. The van der Waals surface area contributed by atoms with Crippen molar-refractivity contribution in [1.82, 2.24) is 9.97 Å². The Morgan fingerprint density at radius 3 is 3.00 bits per heavy atom. The van der Waals surface area contributed by atoms with Crippen LogP contribution in [0.25, 0.3) is 0 Å². The highest BCUT2D eigenvalue weighted by molar-refractivity contribution is 6.30. The average Bonchev–Trinajstić information content (AvgIpc) is 2.43. The Kier molecular flexibility index (Phi) is 3.76. The zero-order chi connectivity index (χ0) is 10.6. The molecule has 0 aliphatic heterocycles. The lowest BCUT2D eigenvalue weighted by molar-refractivity contribution is 0.142. The Labute approximate surface area is 86.1 Å². The van der Waals surface area contributed by atoms with Gasteiger partial charge in [0.05, 0.1) is 0 Å². The second-order valence-corrected chi connectivity index (χ2v) is 3.13. The minimum absolute atomic E-state index is 0.00901. The Morgan fingerprint density at radius 2 is 2.43 bits per heavy atom. The first kappa shape index (κ1) is 10.8. The second kappa shape index (κ2) is 4.85. The fraction of sp³-hybridized carbons (Fsp3) is 0.500. The molecular weight excluding hydrogens is 208 g/mol. The summed E-state index contributed by atoms with van der Waals surface area (Å²) in [5.74, 6) is 0.637. The third-order valence-corrected chi connectivity index (χ3v) is 1.89. The molecule has 14 heavy (non-hydrogen) atoms. The quantitative estimate of drug-likeness (QED) is 0.762. The number of aromatic amines is 1. The van der Waals surface area contributed by atoms with Crippen molar-refractivity contribution in [2.75, 3.05) is 0 Å². The monoisotopic (exact) mass is 218 g/mol. The Bertz CT molecular complexity index is 324. The molecule has 0 bridgehead atoms. The van der Waals surface area contributed by atoms with Gasteiger partial charge in [-0.05, 0) is 6.42 Å². The fourth-order valence-corrected chi connectivity index (χ4v) is 1.19. The van der Waals surface area contributed by atoms with Gasteiger partial charge in [0.1, 0.15) is 5.82 Å². The molecule has 0 amide bonds. The summed E-state index contributed by atoms with van der Waals surface area (Å²) >= 11 is 5.64. The summed E-state index contributed by atoms with van der Waals surface area (Å²) < 4.78 is 4.37. The third-order valence-electron chi connectivity index (χ3n) is 1.63. The maximum absolute atomic E-state index is 10.2. The first-order valence-corrected chi connectivity index (χ1v) is 4.66. The van der Waals surface area contributed by atoms with Crippen molar-refractivity contribution in [2.24, 2.45) is 0 Å². The van der Waals surface area contributed by atoms with Crippen molar-refractivity contribution in [2.45, 2.75) is 26.2 Å². The summed E-state index contributed by atoms with van der Waals surface area (Å²) in [5, 5.41) is 8.40. The summed E-state index contributed by atoms with van der Waals surface area (Å²) in [6.07, 6.45) is 1.33. The van der Waals surface area contributed by atoms with Gasteiger partial charge in [0.25, 0.3) is 0 Å². The zero-order valence-electron chi connectivity index (χ0n) is 7.71. The van der Waals surface area contributed by atoms with Gasteiger partial charge >= 0.3 is 6.16 Å². The van der Waals surface area contributed by atoms with Crippen LogP contribution in [0.2, 0.25) is 5.15 Å². The van der Waals surface area contributed by atoms with E-state index >= 15 is 0 Å². The molecule has 0 fully saturated rings. The van der Waals surface area contributed by atoms with Crippen LogP contribution in [0.3, 0.4) is 0 Å². The normalized spacial score (nSPS) is 10.1. The first-order valence-electron chi connectivity index (χ1n) is 4.28. The molecule has 0 saturated heterocycles. The molecule has 0 saturated carbocycles. The molecule has 1 heterocycles. The number of hydrogen-bond donors (Lipinski definition) is 2. The average molecular weight is 219 g/mol. The summed E-state index contributed by atoms with van der Waals surface area (Å²) in [7, 11) is 0. The number of carboxylic acid groups (broad SMARTS) is 1. The number of ether oxygens (including phenoxy) is 1. The second-order valence-electron chi connectivity index (χ2n) is 2.77. The third kappa shape index (κ3) is 2.92. The molecular formula is C8H11ClN2O3. The van der Waals surface area contributed by atoms with E-state index in [9.17, 15) is 4.79 Å². The van der Waals surface area contributed by atoms with Gasteiger partial charge < -0.3 is 14.8 Å². The number of halogens is 1. The topological polar surface area (TPSA) is 75.2 Å². The van der Waals surface area contributed by atoms with Gasteiger partial charge in [-0.15, -0.1) is 0 Å². The van der Waals surface area contributed by atoms with Crippen LogP contribution in [0.5, 0.6) is 5.88 Å². The molecule has 1 rings (SSSR count). The summed E-state index contributed by atoms with van der Waals surface area (Å²) in [4.78, 5) is 16.8. The number of nitrogens with zero attached hydrogens (tertiary/aromatic N) is 1. The molecule has 78 valence electrons. The van der Waals surface area contributed by atoms with Crippen molar-refractivity contribution in [3.63, 3.8) is 0 Å². The molecule has 0 radical (unpaired) electrons. The summed E-state index contributed by atoms with van der Waals surface area (Å²) in [5.41, 5.74) is 0. The Balaban J connectivity index is 2.66. The van der Waals surface area contributed by atoms with Crippen LogP contribution in [-0.4, -0.2) is 21.2 Å². The molecule has 1 aromatic rings. The van der Waals surface area contributed by atoms with E-state index < -0.39 is 6.16 Å². The number of aryl methyl sites for hydroxylation is 1. The van der Waals surface area contributed by atoms with Crippen molar-refractivity contribution >= 4 is 17.8 Å². The zero-order valence-corrected chi connectivity index (χ0v) is 8.47. The van der Waals surface area contributed by atoms with Gasteiger partial charge in [-0.25, -0.2) is 9.78 Å². The SMILES string of the molecule is CCCCc1nc(Cl)c(OC(=O)O)[nH]1. The summed E-state index contributed by atoms with van der Waals surface area (Å²) in [6.45, 7) is 2.05. The minimum Gasteiger partial charge on any atom is -0.449 e. The number of imidazole rings is 1. The van der Waals surface area contributed by atoms with E-state index in [1.165, 1.54) is 0 Å². The van der Waals surface area contributed by atoms with E-state index in [0.29, 0.717) is 5.82 Å². The highest BCUT2D eigenvalue weighted by atomic mass is 35.5. The standard InChI is InChI=1S/C8H11ClN2O3/c1-2-3-4-5-10-6(9)7(11-5)14-8(12)13/h2-4H2,1H3,(H,10,11)(H,12,13). The van der Waals surface area contributed by atoms with E-state index in [-0.39, 0.29) is 11.0 Å². The van der Waals surface area contributed by atoms with Crippen LogP contribution in [0.15, 0.2) is 0 Å². The number of carbonyl (C=O) groups is 1. The van der Waals surface area contributed by atoms with Gasteiger partial charge in [-0.3, -0.25) is 0 Å². The molecule has 0 unspecified atom stereocenters. The van der Waals surface area contributed by atoms with Crippen LogP contribution in [0.1, 0.15) is 25.6 Å². The predicted molar refractivity (Wildman–Crippen MR) is 50.9 cm³/mol. The Hall–Kier alpha value is -1.23. The molecule has 0 aliphatic carbocycles. The molecule has 0 spiro atoms. The number of rotatable bonds is 4. The van der Waals surface area contributed by atoms with E-state index in [1.807, 2.05) is 0 Å². The number of hydrogen-bond acceptors (Lipinski definition) is 3. The van der Waals surface area contributed by atoms with Crippen molar-refractivity contribution < 1.29 is 14.6 Å². The number of unbranched alkanes of at least 4 members (excludes halogenated alkanes) is 1. The highest BCUT2D eigenvalue weighted by Gasteiger charge is 2.11. The molecule has 1 aromatic heterocycles. The number of nitrogens with one attached hydrogen (secondary N) is 1. The number of aromatic nitrogens is 2. The Morgan fingerprint density at radius 1 is 1.71 bits per heavy atom. The maximum atomic E-state index is 10.2. The largest absolute Gasteiger partial charge is 0.512 e. The van der Waals surface area contributed by atoms with E-state index in [4.69, 9.17) is 16.7 Å². The molecule has 2 N–H and O–H groups in total. The van der Waals surface area contributed by atoms with E-state index in [0.717, 1.165) is 19.3 Å². The molecule has 5 nitrogen and oxygen atoms in total. The van der Waals surface area contributed by atoms with Gasteiger partial charge in [-0.2, -0.15) is 0 Å². The maximum Gasteiger partial charge on any atom is 0.512 e. The van der Waals surface area contributed by atoms with Crippen LogP contribution < -0.4 is 4.74 Å². The molecule has 0 aromatic carbocycles. The first-order chi connectivity index (χ1) is 6.63. The van der Waals surface area contributed by atoms with Crippen molar-refractivity contribution in [1.29, 1.82) is 0 Å². The fourth-order valence-electron chi connectivity index (χ4n) is 0.997. The van der Waals surface area contributed by atoms with E-state index in [2.05, 4.69) is 21.6 Å². The van der Waals surface area contributed by atoms with Crippen LogP contribution >= 0.6 is 11.6 Å². The van der Waals surface area contributed by atoms with Crippen LogP contribution in [0, 0.1) is 0 Å². The lowest BCUT2D eigenvalue weighted by Gasteiger charge is -1.94. The van der Waals surface area contributed by atoms with Gasteiger partial charge in [0.2, 0.25) is 5.88 Å². The lowest BCUT2D eigenvalue weighted by atomic mass is 10.2. The van der Waals surface area contributed by atoms with Gasteiger partial charge in [0.15, 0.2) is 5.15 Å². The number of H-pyrrole nitrogens is 1. The molecule has 6 heteroatoms. The van der Waals surface area contributed by atoms with Crippen molar-refractivity contribution in [3.05, 3.63) is 11.0 Å². The molecule has 0 aliphatic rings. The summed E-state index contributed by atoms with van der Waals surface area (Å²) in [6, 6.07) is 0.